The minimum Gasteiger partial charge on any atom is -0.377 e. The van der Waals surface area contributed by atoms with E-state index in [1.807, 2.05) is 0 Å². The minimum atomic E-state index is 0.255. The Balaban J connectivity index is 2.80. The monoisotopic (exact) mass is 164 g/mol. The second-order valence-electron chi connectivity index (χ2n) is 3.04. The Hall–Kier alpha value is -0.820. The summed E-state index contributed by atoms with van der Waals surface area (Å²) in [5.41, 5.74) is 2.57. The molecule has 0 saturated carbocycles. The van der Waals surface area contributed by atoms with Gasteiger partial charge < -0.3 is 4.74 Å². The van der Waals surface area contributed by atoms with Crippen molar-refractivity contribution in [2.24, 2.45) is 0 Å². The van der Waals surface area contributed by atoms with E-state index < -0.39 is 0 Å². The summed E-state index contributed by atoms with van der Waals surface area (Å²) in [6.45, 7) is 4.23. The van der Waals surface area contributed by atoms with E-state index >= 15 is 0 Å². The summed E-state index contributed by atoms with van der Waals surface area (Å²) in [5, 5.41) is 0. The standard InChI is InChI=1S/C11H16O/c1-4-11(12-3)10-7-5-9(2)6-8-10/h5-8,11H,4H2,1-3H3. The maximum atomic E-state index is 5.33. The van der Waals surface area contributed by atoms with Crippen LogP contribution in [0.1, 0.15) is 30.6 Å². The molecule has 0 bridgehead atoms. The first-order valence-electron chi connectivity index (χ1n) is 4.37. The van der Waals surface area contributed by atoms with Crippen LogP contribution in [-0.4, -0.2) is 7.11 Å². The molecule has 0 heterocycles. The highest BCUT2D eigenvalue weighted by molar-refractivity contribution is 5.23. The van der Waals surface area contributed by atoms with E-state index in [0.717, 1.165) is 6.42 Å². The first kappa shape index (κ1) is 9.27. The molecule has 0 amide bonds. The third kappa shape index (κ3) is 2.08. The van der Waals surface area contributed by atoms with Gasteiger partial charge in [-0.1, -0.05) is 36.8 Å². The highest BCUT2D eigenvalue weighted by atomic mass is 16.5. The van der Waals surface area contributed by atoms with Gasteiger partial charge in [0.15, 0.2) is 0 Å². The van der Waals surface area contributed by atoms with Crippen LogP contribution in [0.3, 0.4) is 0 Å². The van der Waals surface area contributed by atoms with Gasteiger partial charge >= 0.3 is 0 Å². The van der Waals surface area contributed by atoms with Crippen molar-refractivity contribution in [3.05, 3.63) is 35.4 Å². The molecule has 1 aromatic carbocycles. The van der Waals surface area contributed by atoms with Crippen LogP contribution >= 0.6 is 0 Å². The number of methoxy groups -OCH3 is 1. The van der Waals surface area contributed by atoms with E-state index in [1.54, 1.807) is 7.11 Å². The van der Waals surface area contributed by atoms with Gasteiger partial charge in [0.2, 0.25) is 0 Å². The van der Waals surface area contributed by atoms with E-state index in [9.17, 15) is 0 Å². The van der Waals surface area contributed by atoms with Gasteiger partial charge in [0.25, 0.3) is 0 Å². The fourth-order valence-corrected chi connectivity index (χ4v) is 1.32. The summed E-state index contributed by atoms with van der Waals surface area (Å²) in [7, 11) is 1.76. The average molecular weight is 164 g/mol. The molecule has 1 heteroatoms. The lowest BCUT2D eigenvalue weighted by molar-refractivity contribution is 0.100. The van der Waals surface area contributed by atoms with Crippen LogP contribution in [0.4, 0.5) is 0 Å². The molecule has 0 fully saturated rings. The lowest BCUT2D eigenvalue weighted by atomic mass is 10.1. The largest absolute Gasteiger partial charge is 0.377 e. The molecule has 66 valence electrons. The number of hydrogen-bond donors (Lipinski definition) is 0. The van der Waals surface area contributed by atoms with Gasteiger partial charge in [0.1, 0.15) is 0 Å². The van der Waals surface area contributed by atoms with Gasteiger partial charge in [-0.15, -0.1) is 0 Å². The lowest BCUT2D eigenvalue weighted by Gasteiger charge is -2.12. The molecule has 1 nitrogen and oxygen atoms in total. The molecule has 0 radical (unpaired) electrons. The molecule has 0 saturated heterocycles. The normalized spacial score (nSPS) is 12.9. The summed E-state index contributed by atoms with van der Waals surface area (Å²) >= 11 is 0. The first-order chi connectivity index (χ1) is 5.77. The molecular formula is C11H16O. The Morgan fingerprint density at radius 3 is 2.25 bits per heavy atom. The summed E-state index contributed by atoms with van der Waals surface area (Å²) in [6.07, 6.45) is 1.28. The van der Waals surface area contributed by atoms with Crippen molar-refractivity contribution in [3.8, 4) is 0 Å². The third-order valence-corrected chi connectivity index (χ3v) is 2.10. The van der Waals surface area contributed by atoms with Gasteiger partial charge in [0.05, 0.1) is 6.10 Å². The van der Waals surface area contributed by atoms with Crippen molar-refractivity contribution in [2.75, 3.05) is 7.11 Å². The van der Waals surface area contributed by atoms with E-state index in [0.29, 0.717) is 0 Å². The zero-order chi connectivity index (χ0) is 8.97. The average Bonchev–Trinajstić information content (AvgIpc) is 2.10. The molecule has 0 aromatic heterocycles. The van der Waals surface area contributed by atoms with Crippen LogP contribution in [0, 0.1) is 6.92 Å². The van der Waals surface area contributed by atoms with Crippen molar-refractivity contribution < 1.29 is 4.74 Å². The SMILES string of the molecule is CCC(OC)c1ccc(C)cc1. The van der Waals surface area contributed by atoms with Crippen molar-refractivity contribution in [1.82, 2.24) is 0 Å². The topological polar surface area (TPSA) is 9.23 Å². The predicted octanol–water partition coefficient (Wildman–Crippen LogP) is 3.09. The smallest absolute Gasteiger partial charge is 0.0818 e. The van der Waals surface area contributed by atoms with Gasteiger partial charge in [-0.2, -0.15) is 0 Å². The summed E-state index contributed by atoms with van der Waals surface area (Å²) in [5.74, 6) is 0. The second-order valence-corrected chi connectivity index (χ2v) is 3.04. The van der Waals surface area contributed by atoms with Crippen LogP contribution in [0.25, 0.3) is 0 Å². The van der Waals surface area contributed by atoms with Crippen molar-refractivity contribution in [3.63, 3.8) is 0 Å². The number of hydrogen-bond acceptors (Lipinski definition) is 1. The van der Waals surface area contributed by atoms with Crippen LogP contribution < -0.4 is 0 Å². The Morgan fingerprint density at radius 2 is 1.83 bits per heavy atom. The minimum absolute atomic E-state index is 0.255. The lowest BCUT2D eigenvalue weighted by Crippen LogP contribution is -1.98. The van der Waals surface area contributed by atoms with E-state index in [1.165, 1.54) is 11.1 Å². The molecule has 1 unspecified atom stereocenters. The Labute approximate surface area is 74.4 Å². The van der Waals surface area contributed by atoms with Crippen LogP contribution in [-0.2, 0) is 4.74 Å². The molecule has 1 rings (SSSR count). The van der Waals surface area contributed by atoms with Gasteiger partial charge in [0, 0.05) is 7.11 Å². The Kier molecular flexibility index (Phi) is 3.30. The van der Waals surface area contributed by atoms with Crippen LogP contribution in [0.15, 0.2) is 24.3 Å². The molecular weight excluding hydrogens is 148 g/mol. The maximum absolute atomic E-state index is 5.33. The van der Waals surface area contributed by atoms with Gasteiger partial charge in [-0.05, 0) is 18.9 Å². The zero-order valence-electron chi connectivity index (χ0n) is 8.00. The predicted molar refractivity (Wildman–Crippen MR) is 51.2 cm³/mol. The summed E-state index contributed by atoms with van der Waals surface area (Å²) < 4.78 is 5.33. The quantitative estimate of drug-likeness (QED) is 0.667. The maximum Gasteiger partial charge on any atom is 0.0818 e. The molecule has 0 aliphatic rings. The molecule has 0 spiro atoms. The molecule has 0 aliphatic carbocycles. The van der Waals surface area contributed by atoms with Crippen molar-refractivity contribution in [1.29, 1.82) is 0 Å². The summed E-state index contributed by atoms with van der Waals surface area (Å²) in [6, 6.07) is 8.51. The first-order valence-corrected chi connectivity index (χ1v) is 4.37. The Bertz CT molecular complexity index is 221. The Morgan fingerprint density at radius 1 is 1.25 bits per heavy atom. The van der Waals surface area contributed by atoms with Crippen LogP contribution in [0.5, 0.6) is 0 Å². The highest BCUT2D eigenvalue weighted by Gasteiger charge is 2.05. The van der Waals surface area contributed by atoms with Crippen molar-refractivity contribution >= 4 is 0 Å². The fraction of sp³-hybridized carbons (Fsp3) is 0.455. The number of rotatable bonds is 3. The number of aryl methyl sites for hydroxylation is 1. The second kappa shape index (κ2) is 4.27. The number of benzene rings is 1. The van der Waals surface area contributed by atoms with E-state index in [-0.39, 0.29) is 6.10 Å². The van der Waals surface area contributed by atoms with E-state index in [2.05, 4.69) is 38.1 Å². The fourth-order valence-electron chi connectivity index (χ4n) is 1.32. The molecule has 0 aliphatic heterocycles. The zero-order valence-corrected chi connectivity index (χ0v) is 8.00. The molecule has 1 aromatic rings. The summed E-state index contributed by atoms with van der Waals surface area (Å²) in [4.78, 5) is 0. The van der Waals surface area contributed by atoms with Gasteiger partial charge in [-0.25, -0.2) is 0 Å². The van der Waals surface area contributed by atoms with Gasteiger partial charge in [-0.3, -0.25) is 0 Å². The highest BCUT2D eigenvalue weighted by Crippen LogP contribution is 2.19. The number of ether oxygens (including phenoxy) is 1. The van der Waals surface area contributed by atoms with Crippen LogP contribution in [0.2, 0.25) is 0 Å². The molecule has 1 atom stereocenters. The third-order valence-electron chi connectivity index (χ3n) is 2.10. The molecule has 12 heavy (non-hydrogen) atoms. The van der Waals surface area contributed by atoms with Crippen molar-refractivity contribution in [2.45, 2.75) is 26.4 Å². The molecule has 0 N–H and O–H groups in total. The van der Waals surface area contributed by atoms with E-state index in [4.69, 9.17) is 4.74 Å².